The fraction of sp³-hybridized carbons (Fsp3) is 0.875. The third kappa shape index (κ3) is 2.32. The van der Waals surface area contributed by atoms with Crippen LogP contribution in [0.15, 0.2) is 0 Å². The van der Waals surface area contributed by atoms with E-state index < -0.39 is 0 Å². The molecule has 0 bridgehead atoms. The van der Waals surface area contributed by atoms with Crippen molar-refractivity contribution in [3.63, 3.8) is 0 Å². The smallest absolute Gasteiger partial charge is 0.309 e. The van der Waals surface area contributed by atoms with Crippen molar-refractivity contribution in [2.45, 2.75) is 30.1 Å². The lowest BCUT2D eigenvalue weighted by Crippen LogP contribution is -2.21. The van der Waals surface area contributed by atoms with Crippen molar-refractivity contribution >= 4 is 28.6 Å². The predicted octanol–water partition coefficient (Wildman–Crippen LogP) is 2.15. The largest absolute Gasteiger partial charge is 0.466 e. The Hall–Kier alpha value is 0.200. The van der Waals surface area contributed by atoms with Gasteiger partial charge in [-0.3, -0.25) is 4.79 Å². The molecule has 0 spiro atoms. The van der Waals surface area contributed by atoms with Gasteiger partial charge in [-0.15, -0.1) is 0 Å². The molecule has 64 valence electrons. The predicted molar refractivity (Wildman–Crippen MR) is 51.8 cm³/mol. The molecule has 2 unspecified atom stereocenters. The van der Waals surface area contributed by atoms with Crippen molar-refractivity contribution in [3.8, 4) is 0 Å². The van der Waals surface area contributed by atoms with E-state index in [1.807, 2.05) is 6.92 Å². The molecule has 0 saturated heterocycles. The zero-order chi connectivity index (χ0) is 8.27. The standard InChI is InChI=1S/C8H13IO2/c1-2-11-8(10)6-4-3-5-7(6)9/h6-7H,2-5H2,1H3. The quantitative estimate of drug-likeness (QED) is 0.436. The number of halogens is 1. The lowest BCUT2D eigenvalue weighted by atomic mass is 10.1. The van der Waals surface area contributed by atoms with Crippen molar-refractivity contribution < 1.29 is 9.53 Å². The Morgan fingerprint density at radius 1 is 1.64 bits per heavy atom. The maximum atomic E-state index is 11.2. The SMILES string of the molecule is CCOC(=O)C1CCCC1I. The van der Waals surface area contributed by atoms with E-state index in [1.54, 1.807) is 0 Å². The van der Waals surface area contributed by atoms with Gasteiger partial charge in [0, 0.05) is 3.92 Å². The van der Waals surface area contributed by atoms with Crippen LogP contribution in [0.3, 0.4) is 0 Å². The average molecular weight is 268 g/mol. The highest BCUT2D eigenvalue weighted by atomic mass is 127. The molecule has 0 radical (unpaired) electrons. The summed E-state index contributed by atoms with van der Waals surface area (Å²) in [5, 5.41) is 0. The first kappa shape index (κ1) is 9.29. The third-order valence-electron chi connectivity index (χ3n) is 2.02. The molecule has 0 aromatic rings. The van der Waals surface area contributed by atoms with Gasteiger partial charge in [-0.05, 0) is 19.8 Å². The summed E-state index contributed by atoms with van der Waals surface area (Å²) in [7, 11) is 0. The second kappa shape index (κ2) is 4.28. The third-order valence-corrected chi connectivity index (χ3v) is 3.51. The van der Waals surface area contributed by atoms with Gasteiger partial charge in [-0.25, -0.2) is 0 Å². The fourth-order valence-corrected chi connectivity index (χ4v) is 2.52. The molecule has 3 heteroatoms. The van der Waals surface area contributed by atoms with Crippen LogP contribution >= 0.6 is 22.6 Å². The van der Waals surface area contributed by atoms with E-state index in [1.165, 1.54) is 12.8 Å². The second-order valence-corrected chi connectivity index (χ2v) is 4.41. The second-order valence-electron chi connectivity index (χ2n) is 2.81. The molecule has 11 heavy (non-hydrogen) atoms. The van der Waals surface area contributed by atoms with E-state index in [0.717, 1.165) is 6.42 Å². The zero-order valence-electron chi connectivity index (χ0n) is 6.68. The van der Waals surface area contributed by atoms with Crippen molar-refractivity contribution in [3.05, 3.63) is 0 Å². The Morgan fingerprint density at radius 3 is 2.82 bits per heavy atom. The van der Waals surface area contributed by atoms with Crippen LogP contribution in [-0.4, -0.2) is 16.5 Å². The number of ether oxygens (including phenoxy) is 1. The van der Waals surface area contributed by atoms with E-state index in [9.17, 15) is 4.79 Å². The first-order valence-electron chi connectivity index (χ1n) is 4.06. The van der Waals surface area contributed by atoms with Crippen LogP contribution < -0.4 is 0 Å². The Balaban J connectivity index is 2.39. The molecular formula is C8H13IO2. The molecule has 1 aliphatic carbocycles. The molecule has 0 amide bonds. The van der Waals surface area contributed by atoms with Crippen molar-refractivity contribution in [1.29, 1.82) is 0 Å². The summed E-state index contributed by atoms with van der Waals surface area (Å²) in [5.41, 5.74) is 0. The van der Waals surface area contributed by atoms with E-state index in [4.69, 9.17) is 4.74 Å². The van der Waals surface area contributed by atoms with Gasteiger partial charge in [0.15, 0.2) is 0 Å². The van der Waals surface area contributed by atoms with Gasteiger partial charge in [0.2, 0.25) is 0 Å². The first-order valence-corrected chi connectivity index (χ1v) is 5.31. The molecule has 0 aromatic carbocycles. The lowest BCUT2D eigenvalue weighted by molar-refractivity contribution is -0.147. The minimum absolute atomic E-state index is 0.00407. The highest BCUT2D eigenvalue weighted by Gasteiger charge is 2.31. The number of esters is 1. The summed E-state index contributed by atoms with van der Waals surface area (Å²) < 4.78 is 5.46. The van der Waals surface area contributed by atoms with E-state index in [2.05, 4.69) is 22.6 Å². The Kier molecular flexibility index (Phi) is 3.62. The summed E-state index contributed by atoms with van der Waals surface area (Å²) >= 11 is 2.35. The molecular weight excluding hydrogens is 255 g/mol. The summed E-state index contributed by atoms with van der Waals surface area (Å²) in [6.07, 6.45) is 3.37. The van der Waals surface area contributed by atoms with Gasteiger partial charge in [0.1, 0.15) is 0 Å². The molecule has 0 aromatic heterocycles. The number of hydrogen-bond acceptors (Lipinski definition) is 2. The van der Waals surface area contributed by atoms with Crippen molar-refractivity contribution in [1.82, 2.24) is 0 Å². The van der Waals surface area contributed by atoms with E-state index in [-0.39, 0.29) is 11.9 Å². The Bertz CT molecular complexity index is 147. The molecule has 0 aliphatic heterocycles. The van der Waals surface area contributed by atoms with Gasteiger partial charge in [0.05, 0.1) is 12.5 Å². The van der Waals surface area contributed by atoms with E-state index >= 15 is 0 Å². The summed E-state index contributed by atoms with van der Waals surface area (Å²) in [5.74, 6) is 0.181. The number of alkyl halides is 1. The van der Waals surface area contributed by atoms with Crippen LogP contribution in [0.5, 0.6) is 0 Å². The summed E-state index contributed by atoms with van der Waals surface area (Å²) in [6, 6.07) is 0. The lowest BCUT2D eigenvalue weighted by Gasteiger charge is -2.11. The number of carbonyl (C=O) groups excluding carboxylic acids is 1. The van der Waals surface area contributed by atoms with Gasteiger partial charge in [0.25, 0.3) is 0 Å². The first-order chi connectivity index (χ1) is 5.25. The van der Waals surface area contributed by atoms with Crippen LogP contribution in [0.25, 0.3) is 0 Å². The van der Waals surface area contributed by atoms with Crippen LogP contribution in [0.4, 0.5) is 0 Å². The topological polar surface area (TPSA) is 26.3 Å². The average Bonchev–Trinajstić information content (AvgIpc) is 2.36. The highest BCUT2D eigenvalue weighted by Crippen LogP contribution is 2.32. The normalized spacial score (nSPS) is 30.4. The molecule has 2 atom stereocenters. The molecule has 0 heterocycles. The van der Waals surface area contributed by atoms with E-state index in [0.29, 0.717) is 10.5 Å². The molecule has 1 rings (SSSR count). The monoisotopic (exact) mass is 268 g/mol. The van der Waals surface area contributed by atoms with Gasteiger partial charge in [-0.2, -0.15) is 0 Å². The van der Waals surface area contributed by atoms with Crippen LogP contribution in [0.1, 0.15) is 26.2 Å². The van der Waals surface area contributed by atoms with Gasteiger partial charge in [-0.1, -0.05) is 29.0 Å². The number of carbonyl (C=O) groups is 1. The van der Waals surface area contributed by atoms with Crippen LogP contribution in [-0.2, 0) is 9.53 Å². The molecule has 0 N–H and O–H groups in total. The van der Waals surface area contributed by atoms with Crippen molar-refractivity contribution in [2.24, 2.45) is 5.92 Å². The molecule has 2 nitrogen and oxygen atoms in total. The summed E-state index contributed by atoms with van der Waals surface area (Å²) in [6.45, 7) is 2.37. The zero-order valence-corrected chi connectivity index (χ0v) is 8.84. The number of hydrogen-bond donors (Lipinski definition) is 0. The molecule has 1 saturated carbocycles. The molecule has 1 fully saturated rings. The maximum Gasteiger partial charge on any atom is 0.309 e. The minimum Gasteiger partial charge on any atom is -0.466 e. The maximum absolute atomic E-state index is 11.2. The van der Waals surface area contributed by atoms with Crippen molar-refractivity contribution in [2.75, 3.05) is 6.61 Å². The molecule has 1 aliphatic rings. The van der Waals surface area contributed by atoms with Crippen LogP contribution in [0.2, 0.25) is 0 Å². The number of rotatable bonds is 2. The van der Waals surface area contributed by atoms with Gasteiger partial charge >= 0.3 is 5.97 Å². The summed E-state index contributed by atoms with van der Waals surface area (Å²) in [4.78, 5) is 11.2. The Labute approximate surface area is 80.8 Å². The highest BCUT2D eigenvalue weighted by molar-refractivity contribution is 14.1. The van der Waals surface area contributed by atoms with Crippen LogP contribution in [0, 0.1) is 5.92 Å². The Morgan fingerprint density at radius 2 is 2.36 bits per heavy atom. The minimum atomic E-state index is 0.00407. The van der Waals surface area contributed by atoms with Gasteiger partial charge < -0.3 is 4.74 Å². The fourth-order valence-electron chi connectivity index (χ4n) is 1.43.